The molecule has 0 heterocycles. The van der Waals surface area contributed by atoms with Crippen LogP contribution in [0.5, 0.6) is 0 Å². The lowest BCUT2D eigenvalue weighted by Gasteiger charge is -2.08. The minimum absolute atomic E-state index is 0.0531. The van der Waals surface area contributed by atoms with E-state index in [0.29, 0.717) is 16.8 Å². The quantitative estimate of drug-likeness (QED) is 0.908. The predicted molar refractivity (Wildman–Crippen MR) is 76.9 cm³/mol. The van der Waals surface area contributed by atoms with Crippen LogP contribution < -0.4 is 5.32 Å². The van der Waals surface area contributed by atoms with E-state index in [0.717, 1.165) is 0 Å². The Hall–Kier alpha value is -2.69. The van der Waals surface area contributed by atoms with Crippen LogP contribution in [0.1, 0.15) is 21.5 Å². The van der Waals surface area contributed by atoms with Gasteiger partial charge >= 0.3 is 5.97 Å². The van der Waals surface area contributed by atoms with E-state index in [4.69, 9.17) is 5.11 Å². The first-order valence-electron chi connectivity index (χ1n) is 6.34. The fraction of sp³-hybridized carbons (Fsp3) is 0.125. The van der Waals surface area contributed by atoms with Gasteiger partial charge in [0.05, 0.1) is 12.0 Å². The first-order chi connectivity index (χ1) is 9.95. The number of carboxylic acids is 1. The van der Waals surface area contributed by atoms with Gasteiger partial charge in [-0.1, -0.05) is 12.1 Å². The molecule has 0 bridgehead atoms. The molecule has 0 fully saturated rings. The molecule has 4 nitrogen and oxygen atoms in total. The van der Waals surface area contributed by atoms with Crippen LogP contribution in [0.4, 0.5) is 10.1 Å². The highest BCUT2D eigenvalue weighted by atomic mass is 19.1. The molecular weight excluding hydrogens is 273 g/mol. The molecular formula is C16H14FNO3. The van der Waals surface area contributed by atoms with Gasteiger partial charge in [-0.3, -0.25) is 4.79 Å². The zero-order chi connectivity index (χ0) is 15.4. The summed E-state index contributed by atoms with van der Waals surface area (Å²) in [4.78, 5) is 22.8. The Bertz CT molecular complexity index is 698. The average Bonchev–Trinajstić information content (AvgIpc) is 2.38. The first kappa shape index (κ1) is 14.7. The highest BCUT2D eigenvalue weighted by molar-refractivity contribution is 5.94. The Morgan fingerprint density at radius 3 is 2.57 bits per heavy atom. The standard InChI is InChI=1S/C16H14FNO3/c1-10-7-13(5-6-14(10)16(20)21)18-15(19)9-11-3-2-4-12(17)8-11/h2-8H,9H2,1H3,(H,18,19)(H,20,21). The molecule has 0 saturated carbocycles. The van der Waals surface area contributed by atoms with E-state index in [9.17, 15) is 14.0 Å². The fourth-order valence-corrected chi connectivity index (χ4v) is 2.02. The second-order valence-electron chi connectivity index (χ2n) is 4.69. The van der Waals surface area contributed by atoms with E-state index in [1.54, 1.807) is 25.1 Å². The third-order valence-electron chi connectivity index (χ3n) is 2.99. The molecule has 5 heteroatoms. The lowest BCUT2D eigenvalue weighted by molar-refractivity contribution is -0.115. The molecule has 0 spiro atoms. The molecule has 108 valence electrons. The highest BCUT2D eigenvalue weighted by Gasteiger charge is 2.09. The van der Waals surface area contributed by atoms with Crippen LogP contribution in [0.25, 0.3) is 0 Å². The van der Waals surface area contributed by atoms with Crippen molar-refractivity contribution in [1.82, 2.24) is 0 Å². The van der Waals surface area contributed by atoms with E-state index in [1.165, 1.54) is 24.3 Å². The largest absolute Gasteiger partial charge is 0.478 e. The van der Waals surface area contributed by atoms with Gasteiger partial charge in [-0.25, -0.2) is 9.18 Å². The number of amides is 1. The van der Waals surface area contributed by atoms with E-state index >= 15 is 0 Å². The van der Waals surface area contributed by atoms with E-state index in [1.807, 2.05) is 0 Å². The number of aryl methyl sites for hydroxylation is 1. The van der Waals surface area contributed by atoms with Crippen LogP contribution in [0, 0.1) is 12.7 Å². The molecule has 0 atom stereocenters. The Morgan fingerprint density at radius 1 is 1.19 bits per heavy atom. The molecule has 1 amide bonds. The van der Waals surface area contributed by atoms with Crippen molar-refractivity contribution in [2.45, 2.75) is 13.3 Å². The number of nitrogens with one attached hydrogen (secondary N) is 1. The lowest BCUT2D eigenvalue weighted by atomic mass is 10.1. The monoisotopic (exact) mass is 287 g/mol. The van der Waals surface area contributed by atoms with Crippen molar-refractivity contribution in [2.75, 3.05) is 5.32 Å². The molecule has 2 aromatic rings. The molecule has 0 radical (unpaired) electrons. The van der Waals surface area contributed by atoms with Crippen LogP contribution in [-0.2, 0) is 11.2 Å². The van der Waals surface area contributed by atoms with Gasteiger partial charge in [-0.2, -0.15) is 0 Å². The molecule has 0 aliphatic heterocycles. The normalized spacial score (nSPS) is 10.2. The number of carbonyl (C=O) groups is 2. The molecule has 0 aliphatic rings. The van der Waals surface area contributed by atoms with Crippen LogP contribution >= 0.6 is 0 Å². The maximum atomic E-state index is 13.0. The van der Waals surface area contributed by atoms with E-state index < -0.39 is 5.97 Å². The van der Waals surface area contributed by atoms with Crippen LogP contribution in [0.15, 0.2) is 42.5 Å². The Balaban J connectivity index is 2.06. The van der Waals surface area contributed by atoms with Crippen LogP contribution in [0.3, 0.4) is 0 Å². The number of rotatable bonds is 4. The second-order valence-corrected chi connectivity index (χ2v) is 4.69. The lowest BCUT2D eigenvalue weighted by Crippen LogP contribution is -2.15. The van der Waals surface area contributed by atoms with Gasteiger partial charge in [0.1, 0.15) is 5.82 Å². The molecule has 0 unspecified atom stereocenters. The Morgan fingerprint density at radius 2 is 1.95 bits per heavy atom. The van der Waals surface area contributed by atoms with Gasteiger partial charge in [0, 0.05) is 5.69 Å². The minimum atomic E-state index is -1.01. The van der Waals surface area contributed by atoms with Gasteiger partial charge in [-0.05, 0) is 48.4 Å². The van der Waals surface area contributed by atoms with E-state index in [2.05, 4.69) is 5.32 Å². The number of benzene rings is 2. The van der Waals surface area contributed by atoms with Gasteiger partial charge < -0.3 is 10.4 Å². The zero-order valence-electron chi connectivity index (χ0n) is 11.4. The van der Waals surface area contributed by atoms with Crippen LogP contribution in [0.2, 0.25) is 0 Å². The van der Waals surface area contributed by atoms with Crippen molar-refractivity contribution >= 4 is 17.6 Å². The van der Waals surface area contributed by atoms with Crippen LogP contribution in [-0.4, -0.2) is 17.0 Å². The smallest absolute Gasteiger partial charge is 0.335 e. The maximum Gasteiger partial charge on any atom is 0.335 e. The predicted octanol–water partition coefficient (Wildman–Crippen LogP) is 3.01. The maximum absolute atomic E-state index is 13.0. The van der Waals surface area contributed by atoms with Gasteiger partial charge in [-0.15, -0.1) is 0 Å². The summed E-state index contributed by atoms with van der Waals surface area (Å²) < 4.78 is 13.0. The molecule has 0 aliphatic carbocycles. The van der Waals surface area contributed by atoms with Gasteiger partial charge in [0.15, 0.2) is 0 Å². The minimum Gasteiger partial charge on any atom is -0.478 e. The third-order valence-corrected chi connectivity index (χ3v) is 2.99. The number of aromatic carboxylic acids is 1. The number of halogens is 1. The molecule has 21 heavy (non-hydrogen) atoms. The molecule has 2 N–H and O–H groups in total. The summed E-state index contributed by atoms with van der Waals surface area (Å²) in [5, 5.41) is 11.6. The number of hydrogen-bond acceptors (Lipinski definition) is 2. The number of anilines is 1. The summed E-state index contributed by atoms with van der Waals surface area (Å²) in [7, 11) is 0. The summed E-state index contributed by atoms with van der Waals surface area (Å²) in [6.45, 7) is 1.66. The molecule has 0 saturated heterocycles. The summed E-state index contributed by atoms with van der Waals surface area (Å²) in [6.07, 6.45) is 0.0531. The van der Waals surface area contributed by atoms with Crippen molar-refractivity contribution < 1.29 is 19.1 Å². The number of carbonyl (C=O) groups excluding carboxylic acids is 1. The van der Waals surface area contributed by atoms with Gasteiger partial charge in [0.2, 0.25) is 5.91 Å². The summed E-state index contributed by atoms with van der Waals surface area (Å²) >= 11 is 0. The molecule has 2 rings (SSSR count). The SMILES string of the molecule is Cc1cc(NC(=O)Cc2cccc(F)c2)ccc1C(=O)O. The summed E-state index contributed by atoms with van der Waals surface area (Å²) in [5.74, 6) is -1.69. The highest BCUT2D eigenvalue weighted by Crippen LogP contribution is 2.15. The van der Waals surface area contributed by atoms with Crippen molar-refractivity contribution in [1.29, 1.82) is 0 Å². The molecule has 2 aromatic carbocycles. The van der Waals surface area contributed by atoms with Crippen molar-refractivity contribution in [3.05, 3.63) is 65.0 Å². The van der Waals surface area contributed by atoms with Crippen molar-refractivity contribution in [3.8, 4) is 0 Å². The summed E-state index contributed by atoms with van der Waals surface area (Å²) in [6, 6.07) is 10.4. The van der Waals surface area contributed by atoms with Crippen molar-refractivity contribution in [2.24, 2.45) is 0 Å². The Kier molecular flexibility index (Phi) is 4.33. The van der Waals surface area contributed by atoms with E-state index in [-0.39, 0.29) is 23.7 Å². The van der Waals surface area contributed by atoms with Crippen molar-refractivity contribution in [3.63, 3.8) is 0 Å². The summed E-state index contributed by atoms with van der Waals surface area (Å²) in [5.41, 5.74) is 1.84. The fourth-order valence-electron chi connectivity index (χ4n) is 2.02. The number of carboxylic acid groups (broad SMARTS) is 1. The number of hydrogen-bond donors (Lipinski definition) is 2. The second kappa shape index (κ2) is 6.17. The average molecular weight is 287 g/mol. The Labute approximate surface area is 121 Å². The third kappa shape index (κ3) is 3.89. The topological polar surface area (TPSA) is 66.4 Å². The zero-order valence-corrected chi connectivity index (χ0v) is 11.4. The molecule has 0 aromatic heterocycles. The van der Waals surface area contributed by atoms with Gasteiger partial charge in [0.25, 0.3) is 0 Å². The first-order valence-corrected chi connectivity index (χ1v) is 6.34.